The van der Waals surface area contributed by atoms with Crippen molar-refractivity contribution in [2.45, 2.75) is 20.4 Å². The van der Waals surface area contributed by atoms with Crippen LogP contribution in [0.4, 0.5) is 0 Å². The van der Waals surface area contributed by atoms with Crippen molar-refractivity contribution in [3.05, 3.63) is 48.3 Å². The van der Waals surface area contributed by atoms with Gasteiger partial charge >= 0.3 is 0 Å². The van der Waals surface area contributed by atoms with Crippen molar-refractivity contribution in [3.8, 4) is 5.69 Å². The summed E-state index contributed by atoms with van der Waals surface area (Å²) in [7, 11) is 2.12. The first-order chi connectivity index (χ1) is 9.50. The average Bonchev–Trinajstić information content (AvgIpc) is 2.87. The first-order valence-corrected chi connectivity index (χ1v) is 6.98. The van der Waals surface area contributed by atoms with Gasteiger partial charge < -0.3 is 10.6 Å². The van der Waals surface area contributed by atoms with E-state index in [0.29, 0.717) is 6.54 Å². The lowest BCUT2D eigenvalue weighted by Crippen LogP contribution is -2.36. The molecule has 2 N–H and O–H groups in total. The second-order valence-corrected chi connectivity index (χ2v) is 6.17. The predicted octanol–water partition coefficient (Wildman–Crippen LogP) is 2.71. The highest BCUT2D eigenvalue weighted by Gasteiger charge is 2.18. The zero-order chi connectivity index (χ0) is 14.6. The number of rotatable bonds is 6. The fourth-order valence-corrected chi connectivity index (χ4v) is 2.33. The minimum atomic E-state index is 0. The first-order valence-electron chi connectivity index (χ1n) is 6.98. The fraction of sp³-hybridized carbons (Fsp3) is 0.438. The van der Waals surface area contributed by atoms with Crippen LogP contribution in [0.2, 0.25) is 0 Å². The summed E-state index contributed by atoms with van der Waals surface area (Å²) in [6, 6.07) is 10.2. The molecule has 21 heavy (non-hydrogen) atoms. The summed E-state index contributed by atoms with van der Waals surface area (Å²) in [4.78, 5) is 2.29. The molecule has 2 rings (SSSR count). The standard InChI is InChI=1S/C16H24N4.ClH/c1-16(2,12-17)13-19(3)10-14-9-18-20(11-14)15-7-5-4-6-8-15;/h4-9,11H,10,12-13,17H2,1-3H3;1H. The Kier molecular flexibility index (Phi) is 6.40. The Balaban J connectivity index is 0.00000220. The van der Waals surface area contributed by atoms with Crippen molar-refractivity contribution < 1.29 is 0 Å². The molecule has 0 fully saturated rings. The molecule has 0 saturated carbocycles. The number of nitrogens with two attached hydrogens (primary N) is 1. The van der Waals surface area contributed by atoms with E-state index in [9.17, 15) is 0 Å². The van der Waals surface area contributed by atoms with Crippen LogP contribution in [-0.4, -0.2) is 34.8 Å². The molecule has 2 aromatic rings. The van der Waals surface area contributed by atoms with Gasteiger partial charge in [-0.2, -0.15) is 5.10 Å². The van der Waals surface area contributed by atoms with E-state index in [-0.39, 0.29) is 17.8 Å². The first kappa shape index (κ1) is 17.7. The van der Waals surface area contributed by atoms with Crippen LogP contribution < -0.4 is 5.73 Å². The second kappa shape index (κ2) is 7.59. The van der Waals surface area contributed by atoms with Gasteiger partial charge in [0.1, 0.15) is 0 Å². The maximum atomic E-state index is 5.78. The lowest BCUT2D eigenvalue weighted by molar-refractivity contribution is 0.210. The average molecular weight is 309 g/mol. The van der Waals surface area contributed by atoms with Gasteiger partial charge in [-0.15, -0.1) is 12.4 Å². The van der Waals surface area contributed by atoms with Crippen LogP contribution in [0.3, 0.4) is 0 Å². The van der Waals surface area contributed by atoms with E-state index in [1.807, 2.05) is 29.1 Å². The summed E-state index contributed by atoms with van der Waals surface area (Å²) in [5, 5.41) is 4.42. The molecule has 1 aromatic carbocycles. The molecule has 0 saturated heterocycles. The van der Waals surface area contributed by atoms with Crippen LogP contribution >= 0.6 is 12.4 Å². The molecule has 0 radical (unpaired) electrons. The van der Waals surface area contributed by atoms with Crippen LogP contribution in [0.5, 0.6) is 0 Å². The Labute approximate surface area is 133 Å². The van der Waals surface area contributed by atoms with Crippen molar-refractivity contribution in [1.29, 1.82) is 0 Å². The molecule has 0 aliphatic carbocycles. The summed E-state index contributed by atoms with van der Waals surface area (Å²) in [6.45, 7) is 6.94. The fourth-order valence-electron chi connectivity index (χ4n) is 2.33. The van der Waals surface area contributed by atoms with E-state index in [4.69, 9.17) is 5.73 Å². The van der Waals surface area contributed by atoms with E-state index in [2.05, 4.69) is 49.2 Å². The normalized spacial score (nSPS) is 11.5. The van der Waals surface area contributed by atoms with Gasteiger partial charge in [0, 0.05) is 24.8 Å². The molecule has 0 amide bonds. The van der Waals surface area contributed by atoms with Gasteiger partial charge in [-0.25, -0.2) is 4.68 Å². The quantitative estimate of drug-likeness (QED) is 0.892. The zero-order valence-electron chi connectivity index (χ0n) is 13.0. The molecule has 0 aliphatic rings. The summed E-state index contributed by atoms with van der Waals surface area (Å²) < 4.78 is 1.91. The number of halogens is 1. The van der Waals surface area contributed by atoms with Crippen LogP contribution in [0.1, 0.15) is 19.4 Å². The third-order valence-electron chi connectivity index (χ3n) is 3.36. The molecule has 0 aliphatic heterocycles. The Hall–Kier alpha value is -1.36. The lowest BCUT2D eigenvalue weighted by Gasteiger charge is -2.28. The number of para-hydroxylation sites is 1. The van der Waals surface area contributed by atoms with Crippen molar-refractivity contribution in [3.63, 3.8) is 0 Å². The van der Waals surface area contributed by atoms with Gasteiger partial charge in [-0.3, -0.25) is 0 Å². The van der Waals surface area contributed by atoms with Crippen LogP contribution in [0.25, 0.3) is 5.69 Å². The van der Waals surface area contributed by atoms with Crippen molar-refractivity contribution in [1.82, 2.24) is 14.7 Å². The molecule has 4 nitrogen and oxygen atoms in total. The SMILES string of the molecule is CN(Cc1cnn(-c2ccccc2)c1)CC(C)(C)CN.Cl. The van der Waals surface area contributed by atoms with Gasteiger partial charge in [0.2, 0.25) is 0 Å². The minimum Gasteiger partial charge on any atom is -0.330 e. The van der Waals surface area contributed by atoms with Crippen molar-refractivity contribution >= 4 is 12.4 Å². The maximum Gasteiger partial charge on any atom is 0.0645 e. The molecule has 0 atom stereocenters. The molecule has 0 spiro atoms. The van der Waals surface area contributed by atoms with Crippen molar-refractivity contribution in [2.24, 2.45) is 11.1 Å². The Morgan fingerprint density at radius 1 is 1.24 bits per heavy atom. The molecule has 5 heteroatoms. The molecular formula is C16H25ClN4. The van der Waals surface area contributed by atoms with Crippen LogP contribution in [0, 0.1) is 5.41 Å². The summed E-state index contributed by atoms with van der Waals surface area (Å²) >= 11 is 0. The molecule has 1 heterocycles. The number of benzene rings is 1. The van der Waals surface area contributed by atoms with E-state index in [1.54, 1.807) is 0 Å². The number of hydrogen-bond donors (Lipinski definition) is 1. The molecular weight excluding hydrogens is 284 g/mol. The van der Waals surface area contributed by atoms with Gasteiger partial charge in [0.25, 0.3) is 0 Å². The van der Waals surface area contributed by atoms with Gasteiger partial charge in [0.05, 0.1) is 11.9 Å². The van der Waals surface area contributed by atoms with E-state index < -0.39 is 0 Å². The minimum absolute atomic E-state index is 0. The van der Waals surface area contributed by atoms with E-state index in [0.717, 1.165) is 18.8 Å². The van der Waals surface area contributed by atoms with Crippen molar-refractivity contribution in [2.75, 3.05) is 20.1 Å². The number of aromatic nitrogens is 2. The highest BCUT2D eigenvalue weighted by molar-refractivity contribution is 5.85. The highest BCUT2D eigenvalue weighted by atomic mass is 35.5. The Morgan fingerprint density at radius 2 is 1.90 bits per heavy atom. The van der Waals surface area contributed by atoms with Gasteiger partial charge in [-0.05, 0) is 31.1 Å². The largest absolute Gasteiger partial charge is 0.330 e. The monoisotopic (exact) mass is 308 g/mol. The van der Waals surface area contributed by atoms with Gasteiger partial charge in [0.15, 0.2) is 0 Å². The number of nitrogens with zero attached hydrogens (tertiary/aromatic N) is 3. The lowest BCUT2D eigenvalue weighted by atomic mass is 9.93. The van der Waals surface area contributed by atoms with Gasteiger partial charge in [-0.1, -0.05) is 32.0 Å². The van der Waals surface area contributed by atoms with Crippen LogP contribution in [-0.2, 0) is 6.54 Å². The third kappa shape index (κ3) is 5.16. The summed E-state index contributed by atoms with van der Waals surface area (Å²) in [6.07, 6.45) is 4.01. The Morgan fingerprint density at radius 3 is 2.52 bits per heavy atom. The summed E-state index contributed by atoms with van der Waals surface area (Å²) in [5.74, 6) is 0. The smallest absolute Gasteiger partial charge is 0.0645 e. The Bertz CT molecular complexity index is 536. The van der Waals surface area contributed by atoms with E-state index >= 15 is 0 Å². The maximum absolute atomic E-state index is 5.78. The molecule has 0 unspecified atom stereocenters. The molecule has 0 bridgehead atoms. The summed E-state index contributed by atoms with van der Waals surface area (Å²) in [5.41, 5.74) is 8.23. The van der Waals surface area contributed by atoms with E-state index in [1.165, 1.54) is 5.56 Å². The predicted molar refractivity (Wildman–Crippen MR) is 90.0 cm³/mol. The number of hydrogen-bond acceptors (Lipinski definition) is 3. The molecule has 1 aromatic heterocycles. The van der Waals surface area contributed by atoms with Crippen LogP contribution in [0.15, 0.2) is 42.7 Å². The highest BCUT2D eigenvalue weighted by Crippen LogP contribution is 2.16. The zero-order valence-corrected chi connectivity index (χ0v) is 13.8. The molecule has 116 valence electrons. The topological polar surface area (TPSA) is 47.1 Å². The third-order valence-corrected chi connectivity index (χ3v) is 3.36. The second-order valence-electron chi connectivity index (χ2n) is 6.17.